The number of carbonyl (C=O) groups excluding carboxylic acids is 1. The van der Waals surface area contributed by atoms with Gasteiger partial charge in [-0.05, 0) is 32.2 Å². The van der Waals surface area contributed by atoms with Crippen LogP contribution in [0.4, 0.5) is 0 Å². The molecule has 1 saturated heterocycles. The lowest BCUT2D eigenvalue weighted by atomic mass is 9.98. The van der Waals surface area contributed by atoms with E-state index in [-0.39, 0.29) is 11.8 Å². The monoisotopic (exact) mass is 198 g/mol. The van der Waals surface area contributed by atoms with Crippen LogP contribution in [0.15, 0.2) is 0 Å². The molecule has 0 bridgehead atoms. The molecule has 0 spiro atoms. The van der Waals surface area contributed by atoms with Gasteiger partial charge in [-0.1, -0.05) is 13.8 Å². The van der Waals surface area contributed by atoms with E-state index in [1.54, 1.807) is 0 Å². The third kappa shape index (κ3) is 3.29. The van der Waals surface area contributed by atoms with Crippen LogP contribution in [0.2, 0.25) is 0 Å². The van der Waals surface area contributed by atoms with Crippen molar-refractivity contribution in [2.24, 2.45) is 5.92 Å². The van der Waals surface area contributed by atoms with Crippen molar-refractivity contribution in [1.29, 1.82) is 0 Å². The molecule has 1 unspecified atom stereocenters. The summed E-state index contributed by atoms with van der Waals surface area (Å²) in [6.07, 6.45) is 4.23. The Morgan fingerprint density at radius 1 is 1.50 bits per heavy atom. The van der Waals surface area contributed by atoms with Gasteiger partial charge in [-0.15, -0.1) is 0 Å². The number of rotatable bonds is 4. The van der Waals surface area contributed by atoms with Crippen LogP contribution in [0, 0.1) is 5.92 Å². The summed E-state index contributed by atoms with van der Waals surface area (Å²) in [5, 5.41) is 6.37. The van der Waals surface area contributed by atoms with Crippen LogP contribution >= 0.6 is 0 Å². The molecule has 3 heteroatoms. The molecular formula is C11H22N2O. The van der Waals surface area contributed by atoms with Crippen LogP contribution in [-0.2, 0) is 4.79 Å². The maximum Gasteiger partial charge on any atom is 0.224 e. The van der Waals surface area contributed by atoms with E-state index in [0.29, 0.717) is 6.04 Å². The van der Waals surface area contributed by atoms with Gasteiger partial charge < -0.3 is 10.6 Å². The zero-order valence-electron chi connectivity index (χ0n) is 9.31. The summed E-state index contributed by atoms with van der Waals surface area (Å²) in [5.41, 5.74) is 0. The highest BCUT2D eigenvalue weighted by atomic mass is 16.1. The molecule has 1 amide bonds. The molecule has 0 aromatic heterocycles. The third-order valence-electron chi connectivity index (χ3n) is 3.00. The molecule has 0 saturated carbocycles. The minimum atomic E-state index is 0.198. The van der Waals surface area contributed by atoms with Crippen molar-refractivity contribution in [3.8, 4) is 0 Å². The van der Waals surface area contributed by atoms with Gasteiger partial charge in [0, 0.05) is 12.6 Å². The SMILES string of the molecule is CCC(CC)NC(=O)C1CCCNC1. The molecule has 14 heavy (non-hydrogen) atoms. The smallest absolute Gasteiger partial charge is 0.224 e. The van der Waals surface area contributed by atoms with Crippen molar-refractivity contribution in [3.63, 3.8) is 0 Å². The van der Waals surface area contributed by atoms with Crippen molar-refractivity contribution < 1.29 is 4.79 Å². The molecule has 1 rings (SSSR count). The van der Waals surface area contributed by atoms with E-state index in [2.05, 4.69) is 24.5 Å². The molecule has 0 aliphatic carbocycles. The lowest BCUT2D eigenvalue weighted by molar-refractivity contribution is -0.126. The van der Waals surface area contributed by atoms with Gasteiger partial charge in [0.05, 0.1) is 5.92 Å². The number of carbonyl (C=O) groups is 1. The Labute approximate surface area is 86.6 Å². The lowest BCUT2D eigenvalue weighted by Gasteiger charge is -2.24. The van der Waals surface area contributed by atoms with Crippen molar-refractivity contribution in [1.82, 2.24) is 10.6 Å². The summed E-state index contributed by atoms with van der Waals surface area (Å²) in [6, 6.07) is 0.365. The molecule has 82 valence electrons. The molecule has 0 radical (unpaired) electrons. The van der Waals surface area contributed by atoms with Gasteiger partial charge in [-0.3, -0.25) is 4.79 Å². The number of hydrogen-bond acceptors (Lipinski definition) is 2. The second-order valence-electron chi connectivity index (χ2n) is 4.07. The van der Waals surface area contributed by atoms with Crippen LogP contribution in [0.5, 0.6) is 0 Å². The summed E-state index contributed by atoms with van der Waals surface area (Å²) in [4.78, 5) is 11.8. The van der Waals surface area contributed by atoms with E-state index in [4.69, 9.17) is 0 Å². The van der Waals surface area contributed by atoms with E-state index >= 15 is 0 Å². The van der Waals surface area contributed by atoms with Crippen molar-refractivity contribution in [3.05, 3.63) is 0 Å². The first-order chi connectivity index (χ1) is 6.77. The first kappa shape index (κ1) is 11.5. The highest BCUT2D eigenvalue weighted by molar-refractivity contribution is 5.79. The Bertz CT molecular complexity index is 172. The van der Waals surface area contributed by atoms with E-state index in [0.717, 1.165) is 38.8 Å². The van der Waals surface area contributed by atoms with Crippen molar-refractivity contribution in [2.45, 2.75) is 45.6 Å². The predicted octanol–water partition coefficient (Wildman–Crippen LogP) is 1.29. The number of piperidine rings is 1. The van der Waals surface area contributed by atoms with Crippen LogP contribution in [0.1, 0.15) is 39.5 Å². The van der Waals surface area contributed by atoms with Gasteiger partial charge in [0.25, 0.3) is 0 Å². The second-order valence-corrected chi connectivity index (χ2v) is 4.07. The number of amides is 1. The zero-order chi connectivity index (χ0) is 10.4. The second kappa shape index (κ2) is 6.02. The Morgan fingerprint density at radius 2 is 2.21 bits per heavy atom. The van der Waals surface area contributed by atoms with Crippen LogP contribution in [0.25, 0.3) is 0 Å². The molecule has 1 atom stereocenters. The highest BCUT2D eigenvalue weighted by Crippen LogP contribution is 2.10. The maximum absolute atomic E-state index is 11.8. The van der Waals surface area contributed by atoms with Crippen molar-refractivity contribution >= 4 is 5.91 Å². The Kier molecular flexibility index (Phi) is 4.94. The summed E-state index contributed by atoms with van der Waals surface area (Å²) in [6.45, 7) is 6.15. The summed E-state index contributed by atoms with van der Waals surface area (Å²) in [5.74, 6) is 0.440. The van der Waals surface area contributed by atoms with E-state index in [9.17, 15) is 4.79 Å². The minimum absolute atomic E-state index is 0.198. The molecule has 0 aromatic rings. The van der Waals surface area contributed by atoms with Crippen LogP contribution in [-0.4, -0.2) is 25.0 Å². The number of nitrogens with one attached hydrogen (secondary N) is 2. The average Bonchev–Trinajstić information content (AvgIpc) is 2.26. The Balaban J connectivity index is 2.32. The topological polar surface area (TPSA) is 41.1 Å². The van der Waals surface area contributed by atoms with Crippen LogP contribution in [0.3, 0.4) is 0 Å². The average molecular weight is 198 g/mol. The maximum atomic E-state index is 11.8. The molecular weight excluding hydrogens is 176 g/mol. The van der Waals surface area contributed by atoms with Gasteiger partial charge in [0.1, 0.15) is 0 Å². The molecule has 3 nitrogen and oxygen atoms in total. The van der Waals surface area contributed by atoms with Gasteiger partial charge in [-0.25, -0.2) is 0 Å². The summed E-state index contributed by atoms with van der Waals surface area (Å²) in [7, 11) is 0. The zero-order valence-corrected chi connectivity index (χ0v) is 9.31. The van der Waals surface area contributed by atoms with Crippen LogP contribution < -0.4 is 10.6 Å². The minimum Gasteiger partial charge on any atom is -0.353 e. The van der Waals surface area contributed by atoms with Gasteiger partial charge in [-0.2, -0.15) is 0 Å². The predicted molar refractivity (Wildman–Crippen MR) is 58.1 cm³/mol. The quantitative estimate of drug-likeness (QED) is 0.714. The van der Waals surface area contributed by atoms with E-state index in [1.807, 2.05) is 0 Å². The molecule has 1 fully saturated rings. The van der Waals surface area contributed by atoms with Gasteiger partial charge >= 0.3 is 0 Å². The Hall–Kier alpha value is -0.570. The molecule has 1 heterocycles. The summed E-state index contributed by atoms with van der Waals surface area (Å²) >= 11 is 0. The molecule has 2 N–H and O–H groups in total. The standard InChI is InChI=1S/C11H22N2O/c1-3-10(4-2)13-11(14)9-6-5-7-12-8-9/h9-10,12H,3-8H2,1-2H3,(H,13,14). The first-order valence-corrected chi connectivity index (χ1v) is 5.79. The molecule has 1 aliphatic rings. The fraction of sp³-hybridized carbons (Fsp3) is 0.909. The Morgan fingerprint density at radius 3 is 2.71 bits per heavy atom. The number of hydrogen-bond donors (Lipinski definition) is 2. The summed E-state index contributed by atoms with van der Waals surface area (Å²) < 4.78 is 0. The highest BCUT2D eigenvalue weighted by Gasteiger charge is 2.21. The lowest BCUT2D eigenvalue weighted by Crippen LogP contribution is -2.44. The van der Waals surface area contributed by atoms with E-state index < -0.39 is 0 Å². The first-order valence-electron chi connectivity index (χ1n) is 5.79. The van der Waals surface area contributed by atoms with Crippen molar-refractivity contribution in [2.75, 3.05) is 13.1 Å². The van der Waals surface area contributed by atoms with E-state index in [1.165, 1.54) is 0 Å². The fourth-order valence-electron chi connectivity index (χ4n) is 1.89. The molecule has 0 aromatic carbocycles. The molecule has 1 aliphatic heterocycles. The van der Waals surface area contributed by atoms with Gasteiger partial charge in [0.15, 0.2) is 0 Å². The van der Waals surface area contributed by atoms with Gasteiger partial charge in [0.2, 0.25) is 5.91 Å². The normalized spacial score (nSPS) is 22.4. The fourth-order valence-corrected chi connectivity index (χ4v) is 1.89. The third-order valence-corrected chi connectivity index (χ3v) is 3.00. The largest absolute Gasteiger partial charge is 0.353 e.